The van der Waals surface area contributed by atoms with E-state index in [0.717, 1.165) is 11.1 Å². The maximum absolute atomic E-state index is 11.0. The summed E-state index contributed by atoms with van der Waals surface area (Å²) in [7, 11) is 3.14. The van der Waals surface area contributed by atoms with E-state index in [0.29, 0.717) is 11.5 Å². The van der Waals surface area contributed by atoms with Gasteiger partial charge in [0.15, 0.2) is 11.5 Å². The Morgan fingerprint density at radius 2 is 1.89 bits per heavy atom. The quantitative estimate of drug-likeness (QED) is 0.875. The van der Waals surface area contributed by atoms with Gasteiger partial charge >= 0.3 is 5.97 Å². The number of aliphatic carboxylic acids is 1. The number of hydrogen-bond donors (Lipinski definition) is 1. The molecule has 0 fully saturated rings. The molecule has 100 valence electrons. The van der Waals surface area contributed by atoms with Gasteiger partial charge in [-0.15, -0.1) is 0 Å². The van der Waals surface area contributed by atoms with Crippen LogP contribution in [-0.2, 0) is 10.2 Å². The van der Waals surface area contributed by atoms with Gasteiger partial charge in [0, 0.05) is 11.0 Å². The highest BCUT2D eigenvalue weighted by atomic mass is 16.5. The number of hydrogen-bond acceptors (Lipinski definition) is 3. The van der Waals surface area contributed by atoms with E-state index in [9.17, 15) is 4.79 Å². The molecular weight excluding hydrogens is 232 g/mol. The van der Waals surface area contributed by atoms with Crippen LogP contribution in [-0.4, -0.2) is 25.3 Å². The van der Waals surface area contributed by atoms with Crippen molar-refractivity contribution >= 4 is 5.97 Å². The molecule has 0 unspecified atom stereocenters. The highest BCUT2D eigenvalue weighted by molar-refractivity contribution is 5.70. The third kappa shape index (κ3) is 2.75. The largest absolute Gasteiger partial charge is 0.493 e. The number of carboxylic acids is 1. The number of carbonyl (C=O) groups is 1. The fourth-order valence-corrected chi connectivity index (χ4v) is 2.33. The monoisotopic (exact) mass is 252 g/mol. The Morgan fingerprint density at radius 3 is 2.33 bits per heavy atom. The molecule has 4 heteroatoms. The highest BCUT2D eigenvalue weighted by Crippen LogP contribution is 2.42. The summed E-state index contributed by atoms with van der Waals surface area (Å²) in [6.07, 6.45) is 0.0391. The van der Waals surface area contributed by atoms with Crippen molar-refractivity contribution < 1.29 is 19.4 Å². The maximum atomic E-state index is 11.0. The lowest BCUT2D eigenvalue weighted by Gasteiger charge is -2.28. The molecule has 0 bridgehead atoms. The van der Waals surface area contributed by atoms with E-state index in [4.69, 9.17) is 14.6 Å². The van der Waals surface area contributed by atoms with Crippen molar-refractivity contribution in [1.82, 2.24) is 0 Å². The third-order valence-corrected chi connectivity index (χ3v) is 3.02. The number of carboxylic acid groups (broad SMARTS) is 1. The van der Waals surface area contributed by atoms with E-state index in [2.05, 4.69) is 0 Å². The van der Waals surface area contributed by atoms with Gasteiger partial charge in [0.1, 0.15) is 0 Å². The van der Waals surface area contributed by atoms with Crippen LogP contribution >= 0.6 is 0 Å². The minimum atomic E-state index is -0.829. The van der Waals surface area contributed by atoms with Crippen molar-refractivity contribution in [3.63, 3.8) is 0 Å². The van der Waals surface area contributed by atoms with Gasteiger partial charge in [-0.05, 0) is 18.6 Å². The second kappa shape index (κ2) is 5.29. The van der Waals surface area contributed by atoms with E-state index in [-0.39, 0.29) is 6.42 Å². The first kappa shape index (κ1) is 14.4. The number of aryl methyl sites for hydroxylation is 1. The maximum Gasteiger partial charge on any atom is 0.304 e. The summed E-state index contributed by atoms with van der Waals surface area (Å²) in [6.45, 7) is 5.73. The molecule has 0 aromatic heterocycles. The number of benzene rings is 1. The van der Waals surface area contributed by atoms with Gasteiger partial charge in [0.05, 0.1) is 20.6 Å². The molecule has 0 radical (unpaired) electrons. The zero-order valence-corrected chi connectivity index (χ0v) is 11.5. The fraction of sp³-hybridized carbons (Fsp3) is 0.500. The van der Waals surface area contributed by atoms with Gasteiger partial charge in [-0.25, -0.2) is 0 Å². The minimum absolute atomic E-state index is 0.0391. The minimum Gasteiger partial charge on any atom is -0.493 e. The van der Waals surface area contributed by atoms with Crippen LogP contribution in [0.25, 0.3) is 0 Å². The van der Waals surface area contributed by atoms with Crippen molar-refractivity contribution in [2.24, 2.45) is 0 Å². The molecule has 0 aliphatic rings. The first-order valence-electron chi connectivity index (χ1n) is 5.77. The predicted octanol–water partition coefficient (Wildman–Crippen LogP) is 2.76. The Bertz CT molecular complexity index is 449. The predicted molar refractivity (Wildman–Crippen MR) is 69.6 cm³/mol. The van der Waals surface area contributed by atoms with Gasteiger partial charge in [-0.1, -0.05) is 19.9 Å². The van der Waals surface area contributed by atoms with Crippen molar-refractivity contribution in [2.45, 2.75) is 32.6 Å². The van der Waals surface area contributed by atoms with Gasteiger partial charge in [0.2, 0.25) is 0 Å². The molecule has 1 aromatic rings. The molecule has 0 aliphatic heterocycles. The van der Waals surface area contributed by atoms with Crippen LogP contribution in [0.3, 0.4) is 0 Å². The average molecular weight is 252 g/mol. The summed E-state index contributed by atoms with van der Waals surface area (Å²) in [5, 5.41) is 9.02. The lowest BCUT2D eigenvalue weighted by Crippen LogP contribution is -2.24. The first-order valence-corrected chi connectivity index (χ1v) is 5.77. The zero-order valence-electron chi connectivity index (χ0n) is 11.5. The Balaban J connectivity index is 3.41. The summed E-state index contributed by atoms with van der Waals surface area (Å²) in [5.74, 6) is 0.407. The molecule has 0 saturated heterocycles. The van der Waals surface area contributed by atoms with Crippen molar-refractivity contribution in [2.75, 3.05) is 14.2 Å². The molecule has 0 saturated carbocycles. The molecule has 4 nitrogen and oxygen atoms in total. The van der Waals surface area contributed by atoms with E-state index < -0.39 is 11.4 Å². The van der Waals surface area contributed by atoms with Crippen LogP contribution in [0.15, 0.2) is 12.1 Å². The zero-order chi connectivity index (χ0) is 13.9. The number of ether oxygens (including phenoxy) is 2. The molecule has 0 heterocycles. The lowest BCUT2D eigenvalue weighted by atomic mass is 9.78. The highest BCUT2D eigenvalue weighted by Gasteiger charge is 2.30. The second-order valence-corrected chi connectivity index (χ2v) is 4.95. The molecule has 0 amide bonds. The van der Waals surface area contributed by atoms with E-state index >= 15 is 0 Å². The van der Waals surface area contributed by atoms with Crippen LogP contribution < -0.4 is 9.47 Å². The fourth-order valence-electron chi connectivity index (χ4n) is 2.33. The van der Waals surface area contributed by atoms with Gasteiger partial charge in [0.25, 0.3) is 0 Å². The summed E-state index contributed by atoms with van der Waals surface area (Å²) in [6, 6.07) is 3.74. The SMILES string of the molecule is COc1ccc(C)c(C(C)(C)CC(=O)O)c1OC. The molecular formula is C14H20O4. The van der Waals surface area contributed by atoms with Crippen LogP contribution in [0.5, 0.6) is 11.5 Å². The number of methoxy groups -OCH3 is 2. The van der Waals surface area contributed by atoms with Crippen molar-refractivity contribution in [1.29, 1.82) is 0 Å². The Morgan fingerprint density at radius 1 is 1.28 bits per heavy atom. The standard InChI is InChI=1S/C14H20O4/c1-9-6-7-10(17-4)13(18-5)12(9)14(2,3)8-11(15)16/h6-7H,8H2,1-5H3,(H,15,16). The Kier molecular flexibility index (Phi) is 4.22. The van der Waals surface area contributed by atoms with Crippen LogP contribution in [0.1, 0.15) is 31.4 Å². The molecule has 0 aliphatic carbocycles. The summed E-state index contributed by atoms with van der Waals surface area (Å²) >= 11 is 0. The second-order valence-electron chi connectivity index (χ2n) is 4.95. The van der Waals surface area contributed by atoms with Crippen LogP contribution in [0.2, 0.25) is 0 Å². The molecule has 1 N–H and O–H groups in total. The average Bonchev–Trinajstić information content (AvgIpc) is 2.26. The van der Waals surface area contributed by atoms with Gasteiger partial charge < -0.3 is 14.6 Å². The van der Waals surface area contributed by atoms with Crippen LogP contribution in [0, 0.1) is 6.92 Å². The number of rotatable bonds is 5. The first-order chi connectivity index (χ1) is 8.33. The van der Waals surface area contributed by atoms with E-state index in [1.54, 1.807) is 14.2 Å². The van der Waals surface area contributed by atoms with E-state index in [1.165, 1.54) is 0 Å². The van der Waals surface area contributed by atoms with Gasteiger partial charge in [-0.3, -0.25) is 4.79 Å². The normalized spacial score (nSPS) is 11.2. The summed E-state index contributed by atoms with van der Waals surface area (Å²) < 4.78 is 10.7. The summed E-state index contributed by atoms with van der Waals surface area (Å²) in [5.41, 5.74) is 1.36. The third-order valence-electron chi connectivity index (χ3n) is 3.02. The molecule has 0 spiro atoms. The lowest BCUT2D eigenvalue weighted by molar-refractivity contribution is -0.138. The Hall–Kier alpha value is -1.71. The Labute approximate surface area is 108 Å². The molecule has 18 heavy (non-hydrogen) atoms. The van der Waals surface area contributed by atoms with E-state index in [1.807, 2.05) is 32.9 Å². The molecule has 0 atom stereocenters. The van der Waals surface area contributed by atoms with Gasteiger partial charge in [-0.2, -0.15) is 0 Å². The summed E-state index contributed by atoms with van der Waals surface area (Å²) in [4.78, 5) is 11.0. The van der Waals surface area contributed by atoms with Crippen molar-refractivity contribution in [3.8, 4) is 11.5 Å². The van der Waals surface area contributed by atoms with Crippen LogP contribution in [0.4, 0.5) is 0 Å². The molecule has 1 rings (SSSR count). The topological polar surface area (TPSA) is 55.8 Å². The smallest absolute Gasteiger partial charge is 0.304 e. The molecule has 1 aromatic carbocycles. The van der Waals surface area contributed by atoms with Crippen molar-refractivity contribution in [3.05, 3.63) is 23.3 Å².